The van der Waals surface area contributed by atoms with Crippen LogP contribution in [-0.2, 0) is 0 Å². The monoisotopic (exact) mass is 236 g/mol. The van der Waals surface area contributed by atoms with Gasteiger partial charge < -0.3 is 20.4 Å². The van der Waals surface area contributed by atoms with Gasteiger partial charge in [0.2, 0.25) is 0 Å². The van der Waals surface area contributed by atoms with Crippen molar-refractivity contribution in [3.05, 3.63) is 0 Å². The van der Waals surface area contributed by atoms with Crippen LogP contribution in [0.15, 0.2) is 0 Å². The summed E-state index contributed by atoms with van der Waals surface area (Å²) in [6.07, 6.45) is 4.35. The summed E-state index contributed by atoms with van der Waals surface area (Å²) >= 11 is 0. The standard InChI is InChI=1S/2C6H14O2/c1-2-3-6(8)4-5-7;1-2-3-4-6(8)5-7/h2*6-8H,2-5H2,1H3. The lowest BCUT2D eigenvalue weighted by molar-refractivity contribution is 0.0865. The van der Waals surface area contributed by atoms with Gasteiger partial charge in [0.05, 0.1) is 18.8 Å². The molecule has 0 heterocycles. The second kappa shape index (κ2) is 14.8. The van der Waals surface area contributed by atoms with Crippen LogP contribution >= 0.6 is 0 Å². The van der Waals surface area contributed by atoms with E-state index in [-0.39, 0.29) is 19.3 Å². The molecule has 0 bridgehead atoms. The van der Waals surface area contributed by atoms with E-state index in [0.29, 0.717) is 6.42 Å². The normalized spacial score (nSPS) is 13.9. The highest BCUT2D eigenvalue weighted by atomic mass is 16.3. The highest BCUT2D eigenvalue weighted by Gasteiger charge is 1.98. The molecule has 2 atom stereocenters. The lowest BCUT2D eigenvalue weighted by Crippen LogP contribution is -2.10. The summed E-state index contributed by atoms with van der Waals surface area (Å²) in [5.74, 6) is 0. The lowest BCUT2D eigenvalue weighted by Gasteiger charge is -2.04. The van der Waals surface area contributed by atoms with Crippen molar-refractivity contribution in [2.24, 2.45) is 0 Å². The molecule has 0 aromatic heterocycles. The maximum atomic E-state index is 8.89. The molecule has 4 N–H and O–H groups in total. The van der Waals surface area contributed by atoms with Crippen LogP contribution in [0.2, 0.25) is 0 Å². The molecule has 0 aromatic rings. The van der Waals surface area contributed by atoms with E-state index in [1.165, 1.54) is 0 Å². The molecular formula is C12H28O4. The zero-order valence-electron chi connectivity index (χ0n) is 10.6. The van der Waals surface area contributed by atoms with Crippen molar-refractivity contribution in [1.82, 2.24) is 0 Å². The maximum absolute atomic E-state index is 8.89. The van der Waals surface area contributed by atoms with Crippen LogP contribution in [0.5, 0.6) is 0 Å². The first-order valence-corrected chi connectivity index (χ1v) is 6.20. The minimum Gasteiger partial charge on any atom is -0.396 e. The van der Waals surface area contributed by atoms with Crippen LogP contribution in [0.1, 0.15) is 52.4 Å². The number of rotatable bonds is 8. The van der Waals surface area contributed by atoms with Gasteiger partial charge in [-0.05, 0) is 19.3 Å². The van der Waals surface area contributed by atoms with E-state index in [0.717, 1.165) is 32.1 Å². The van der Waals surface area contributed by atoms with Crippen LogP contribution < -0.4 is 0 Å². The Hall–Kier alpha value is -0.160. The fourth-order valence-electron chi connectivity index (χ4n) is 1.16. The Balaban J connectivity index is 0. The summed E-state index contributed by atoms with van der Waals surface area (Å²) in [5.41, 5.74) is 0. The van der Waals surface area contributed by atoms with E-state index in [4.69, 9.17) is 20.4 Å². The Morgan fingerprint density at radius 1 is 0.812 bits per heavy atom. The fourth-order valence-corrected chi connectivity index (χ4v) is 1.16. The van der Waals surface area contributed by atoms with Gasteiger partial charge in [0, 0.05) is 6.61 Å². The summed E-state index contributed by atoms with van der Waals surface area (Å²) in [6, 6.07) is 0. The van der Waals surface area contributed by atoms with Crippen LogP contribution in [0, 0.1) is 0 Å². The number of hydrogen-bond acceptors (Lipinski definition) is 4. The molecule has 0 aliphatic rings. The highest BCUT2D eigenvalue weighted by molar-refractivity contribution is 4.51. The van der Waals surface area contributed by atoms with Gasteiger partial charge in [-0.15, -0.1) is 0 Å². The van der Waals surface area contributed by atoms with E-state index >= 15 is 0 Å². The first-order chi connectivity index (χ1) is 7.62. The van der Waals surface area contributed by atoms with Gasteiger partial charge in [-0.1, -0.05) is 33.1 Å². The van der Waals surface area contributed by atoms with Gasteiger partial charge >= 0.3 is 0 Å². The molecule has 0 fully saturated rings. The number of aliphatic hydroxyl groups excluding tert-OH is 4. The predicted octanol–water partition coefficient (Wildman–Crippen LogP) is 1.06. The van der Waals surface area contributed by atoms with Gasteiger partial charge in [0.1, 0.15) is 0 Å². The summed E-state index contributed by atoms with van der Waals surface area (Å²) in [6.45, 7) is 4.08. The third kappa shape index (κ3) is 16.3. The molecule has 4 heteroatoms. The minimum absolute atomic E-state index is 0.0972. The molecule has 0 radical (unpaired) electrons. The second-order valence-electron chi connectivity index (χ2n) is 3.93. The minimum atomic E-state index is -0.491. The molecule has 16 heavy (non-hydrogen) atoms. The molecule has 0 spiro atoms. The second-order valence-corrected chi connectivity index (χ2v) is 3.93. The van der Waals surface area contributed by atoms with E-state index in [9.17, 15) is 0 Å². The Labute approximate surface area is 98.9 Å². The molecule has 0 aliphatic heterocycles. The smallest absolute Gasteiger partial charge is 0.0770 e. The Morgan fingerprint density at radius 3 is 1.81 bits per heavy atom. The third-order valence-electron chi connectivity index (χ3n) is 2.19. The first kappa shape index (κ1) is 18.2. The van der Waals surface area contributed by atoms with E-state index in [1.54, 1.807) is 0 Å². The highest BCUT2D eigenvalue weighted by Crippen LogP contribution is 1.98. The topological polar surface area (TPSA) is 80.9 Å². The number of aliphatic hydroxyl groups is 4. The van der Waals surface area contributed by atoms with Crippen molar-refractivity contribution < 1.29 is 20.4 Å². The molecular weight excluding hydrogens is 208 g/mol. The first-order valence-electron chi connectivity index (χ1n) is 6.20. The van der Waals surface area contributed by atoms with Crippen molar-refractivity contribution >= 4 is 0 Å². The average molecular weight is 236 g/mol. The van der Waals surface area contributed by atoms with Crippen LogP contribution in [0.3, 0.4) is 0 Å². The molecule has 0 saturated heterocycles. The van der Waals surface area contributed by atoms with Gasteiger partial charge in [-0.3, -0.25) is 0 Å². The SMILES string of the molecule is CCCC(O)CCO.CCCCC(O)CO. The Bertz CT molecular complexity index is 114. The zero-order chi connectivity index (χ0) is 12.8. The van der Waals surface area contributed by atoms with Crippen molar-refractivity contribution in [3.8, 4) is 0 Å². The fraction of sp³-hybridized carbons (Fsp3) is 1.00. The summed E-state index contributed by atoms with van der Waals surface area (Å²) in [5, 5.41) is 34.2. The Morgan fingerprint density at radius 2 is 1.44 bits per heavy atom. The quantitative estimate of drug-likeness (QED) is 0.508. The predicted molar refractivity (Wildman–Crippen MR) is 65.2 cm³/mol. The molecule has 2 unspecified atom stereocenters. The van der Waals surface area contributed by atoms with Crippen molar-refractivity contribution in [2.45, 2.75) is 64.6 Å². The lowest BCUT2D eigenvalue weighted by atomic mass is 10.2. The molecule has 0 saturated carbocycles. The Kier molecular flexibility index (Phi) is 16.9. The van der Waals surface area contributed by atoms with E-state index in [1.807, 2.05) is 6.92 Å². The summed E-state index contributed by atoms with van der Waals surface area (Å²) in [7, 11) is 0. The molecule has 100 valence electrons. The summed E-state index contributed by atoms with van der Waals surface area (Å²) in [4.78, 5) is 0. The molecule has 0 aromatic carbocycles. The maximum Gasteiger partial charge on any atom is 0.0770 e. The van der Waals surface area contributed by atoms with Crippen molar-refractivity contribution in [1.29, 1.82) is 0 Å². The molecule has 4 nitrogen and oxygen atoms in total. The number of unbranched alkanes of at least 4 members (excludes halogenated alkanes) is 1. The van der Waals surface area contributed by atoms with E-state index < -0.39 is 6.10 Å². The molecule has 0 rings (SSSR count). The van der Waals surface area contributed by atoms with Gasteiger partial charge in [0.15, 0.2) is 0 Å². The van der Waals surface area contributed by atoms with Crippen LogP contribution in [-0.4, -0.2) is 45.8 Å². The van der Waals surface area contributed by atoms with Gasteiger partial charge in [-0.25, -0.2) is 0 Å². The molecule has 0 aliphatic carbocycles. The van der Waals surface area contributed by atoms with Crippen LogP contribution in [0.25, 0.3) is 0 Å². The zero-order valence-corrected chi connectivity index (χ0v) is 10.6. The largest absolute Gasteiger partial charge is 0.396 e. The van der Waals surface area contributed by atoms with Gasteiger partial charge in [-0.2, -0.15) is 0 Å². The van der Waals surface area contributed by atoms with Crippen molar-refractivity contribution in [2.75, 3.05) is 13.2 Å². The third-order valence-corrected chi connectivity index (χ3v) is 2.19. The van der Waals surface area contributed by atoms with Crippen LogP contribution in [0.4, 0.5) is 0 Å². The average Bonchev–Trinajstić information content (AvgIpc) is 2.27. The summed E-state index contributed by atoms with van der Waals surface area (Å²) < 4.78 is 0. The molecule has 0 amide bonds. The van der Waals surface area contributed by atoms with Crippen molar-refractivity contribution in [3.63, 3.8) is 0 Å². The number of hydrogen-bond donors (Lipinski definition) is 4. The van der Waals surface area contributed by atoms with E-state index in [2.05, 4.69) is 6.92 Å². The van der Waals surface area contributed by atoms with Gasteiger partial charge in [0.25, 0.3) is 0 Å².